The van der Waals surface area contributed by atoms with Crippen LogP contribution in [0.25, 0.3) is 0 Å². The van der Waals surface area contributed by atoms with Crippen LogP contribution in [0.1, 0.15) is 11.3 Å². The zero-order valence-corrected chi connectivity index (χ0v) is 7.75. The molecule has 0 spiro atoms. The maximum absolute atomic E-state index is 11.9. The first-order valence-electron chi connectivity index (χ1n) is 3.93. The minimum Gasteiger partial charge on any atom is -0.396 e. The number of anilines is 1. The molecule has 16 heavy (non-hydrogen) atoms. The van der Waals surface area contributed by atoms with Crippen molar-refractivity contribution < 1.29 is 23.0 Å². The second-order valence-electron chi connectivity index (χ2n) is 2.70. The zero-order chi connectivity index (χ0) is 12.3. The van der Waals surface area contributed by atoms with E-state index in [2.05, 4.69) is 9.72 Å². The predicted molar refractivity (Wildman–Crippen MR) is 46.0 cm³/mol. The second kappa shape index (κ2) is 4.24. The fraction of sp³-hybridized carbons (Fsp3) is 0.250. The van der Waals surface area contributed by atoms with Gasteiger partial charge in [-0.2, -0.15) is 5.26 Å². The molecule has 1 aromatic heterocycles. The molecule has 3 N–H and O–H groups in total. The number of nitrogens with two attached hydrogens (primary N) is 1. The molecule has 0 aliphatic rings. The van der Waals surface area contributed by atoms with Crippen LogP contribution in [0.2, 0.25) is 0 Å². The topological polar surface area (TPSA) is 92.2 Å². The lowest BCUT2D eigenvalue weighted by Gasteiger charge is -2.10. The summed E-state index contributed by atoms with van der Waals surface area (Å²) in [6.07, 6.45) is -4.91. The summed E-state index contributed by atoms with van der Waals surface area (Å²) in [7, 11) is 0. The number of pyridine rings is 1. The largest absolute Gasteiger partial charge is 0.574 e. The lowest BCUT2D eigenvalue weighted by atomic mass is 10.2. The summed E-state index contributed by atoms with van der Waals surface area (Å²) in [6, 6.07) is 2.32. The first-order valence-corrected chi connectivity index (χ1v) is 3.93. The van der Waals surface area contributed by atoms with Crippen molar-refractivity contribution in [3.8, 4) is 11.9 Å². The quantitative estimate of drug-likeness (QED) is 0.792. The molecule has 1 aromatic rings. The Kier molecular flexibility index (Phi) is 3.20. The highest BCUT2D eigenvalue weighted by atomic mass is 19.4. The number of nitrogens with zero attached hydrogens (tertiary/aromatic N) is 2. The first kappa shape index (κ1) is 12.1. The maximum atomic E-state index is 11.9. The number of alkyl halides is 3. The summed E-state index contributed by atoms with van der Waals surface area (Å²) < 4.78 is 39.1. The van der Waals surface area contributed by atoms with E-state index in [0.29, 0.717) is 0 Å². The number of hydrogen-bond donors (Lipinski definition) is 2. The Hall–Kier alpha value is -2.01. The molecule has 0 aromatic carbocycles. The third kappa shape index (κ3) is 2.74. The van der Waals surface area contributed by atoms with Gasteiger partial charge in [-0.25, -0.2) is 4.98 Å². The standard InChI is InChI=1S/C8H6F3N3O2/c9-8(10,11)16-6-1-4(3-15)7(13)5(2-12)14-6/h1,15H,3,13H2. The molecular formula is C8H6F3N3O2. The van der Waals surface area contributed by atoms with Gasteiger partial charge in [0, 0.05) is 11.6 Å². The molecule has 0 saturated carbocycles. The molecule has 0 unspecified atom stereocenters. The van der Waals surface area contributed by atoms with Crippen molar-refractivity contribution >= 4 is 5.69 Å². The van der Waals surface area contributed by atoms with Crippen molar-refractivity contribution in [2.75, 3.05) is 5.73 Å². The van der Waals surface area contributed by atoms with Gasteiger partial charge in [-0.1, -0.05) is 0 Å². The van der Waals surface area contributed by atoms with E-state index in [1.165, 1.54) is 6.07 Å². The number of ether oxygens (including phenoxy) is 1. The van der Waals surface area contributed by atoms with Crippen molar-refractivity contribution in [3.05, 3.63) is 17.3 Å². The number of aliphatic hydroxyl groups excluding tert-OH is 1. The predicted octanol–water partition coefficient (Wildman–Crippen LogP) is 0.926. The fourth-order valence-electron chi connectivity index (χ4n) is 0.968. The van der Waals surface area contributed by atoms with Crippen molar-refractivity contribution in [1.82, 2.24) is 4.98 Å². The fourth-order valence-corrected chi connectivity index (χ4v) is 0.968. The van der Waals surface area contributed by atoms with E-state index < -0.39 is 24.5 Å². The summed E-state index contributed by atoms with van der Waals surface area (Å²) in [4.78, 5) is 3.25. The van der Waals surface area contributed by atoms with Crippen LogP contribution in [0, 0.1) is 11.3 Å². The van der Waals surface area contributed by atoms with Crippen molar-refractivity contribution in [1.29, 1.82) is 5.26 Å². The van der Waals surface area contributed by atoms with Gasteiger partial charge < -0.3 is 15.6 Å². The van der Waals surface area contributed by atoms with E-state index in [-0.39, 0.29) is 11.3 Å². The molecule has 1 rings (SSSR count). The minimum absolute atomic E-state index is 0.0502. The highest BCUT2D eigenvalue weighted by Crippen LogP contribution is 2.25. The number of aromatic nitrogens is 1. The van der Waals surface area contributed by atoms with Gasteiger partial charge in [0.25, 0.3) is 0 Å². The Morgan fingerprint density at radius 1 is 1.56 bits per heavy atom. The first-order chi connectivity index (χ1) is 7.37. The summed E-state index contributed by atoms with van der Waals surface area (Å²) in [6.45, 7) is -0.614. The Morgan fingerprint density at radius 2 is 2.19 bits per heavy atom. The normalized spacial score (nSPS) is 10.9. The van der Waals surface area contributed by atoms with Gasteiger partial charge in [0.1, 0.15) is 6.07 Å². The highest BCUT2D eigenvalue weighted by Gasteiger charge is 2.32. The highest BCUT2D eigenvalue weighted by molar-refractivity contribution is 5.57. The Labute approximate surface area is 87.9 Å². The number of halogens is 3. The van der Waals surface area contributed by atoms with E-state index in [4.69, 9.17) is 16.1 Å². The van der Waals surface area contributed by atoms with Gasteiger partial charge in [-0.3, -0.25) is 0 Å². The summed E-state index contributed by atoms with van der Waals surface area (Å²) in [5.41, 5.74) is 4.71. The van der Waals surface area contributed by atoms with E-state index in [1.54, 1.807) is 0 Å². The third-order valence-electron chi connectivity index (χ3n) is 1.62. The summed E-state index contributed by atoms with van der Waals surface area (Å²) >= 11 is 0. The van der Waals surface area contributed by atoms with Crippen LogP contribution in [0.15, 0.2) is 6.07 Å². The van der Waals surface area contributed by atoms with E-state index >= 15 is 0 Å². The molecule has 0 atom stereocenters. The van der Waals surface area contributed by atoms with Gasteiger partial charge in [-0.15, -0.1) is 13.2 Å². The van der Waals surface area contributed by atoms with Crippen LogP contribution in [0.4, 0.5) is 18.9 Å². The minimum atomic E-state index is -4.91. The van der Waals surface area contributed by atoms with E-state index in [1.807, 2.05) is 0 Å². The number of aliphatic hydroxyl groups is 1. The molecule has 0 amide bonds. The third-order valence-corrected chi connectivity index (χ3v) is 1.62. The van der Waals surface area contributed by atoms with E-state index in [9.17, 15) is 13.2 Å². The SMILES string of the molecule is N#Cc1nc(OC(F)(F)F)cc(CO)c1N. The van der Waals surface area contributed by atoms with Crippen LogP contribution in [0.5, 0.6) is 5.88 Å². The van der Waals surface area contributed by atoms with Crippen LogP contribution in [-0.4, -0.2) is 16.5 Å². The lowest BCUT2D eigenvalue weighted by Crippen LogP contribution is -2.18. The molecular weight excluding hydrogens is 227 g/mol. The molecule has 86 valence electrons. The van der Waals surface area contributed by atoms with Crippen molar-refractivity contribution in [3.63, 3.8) is 0 Å². The van der Waals surface area contributed by atoms with Gasteiger partial charge in [-0.05, 0) is 0 Å². The molecule has 8 heteroatoms. The van der Waals surface area contributed by atoms with Crippen LogP contribution in [-0.2, 0) is 6.61 Å². The smallest absolute Gasteiger partial charge is 0.396 e. The number of rotatable bonds is 2. The molecule has 1 heterocycles. The molecule has 5 nitrogen and oxygen atoms in total. The lowest BCUT2D eigenvalue weighted by molar-refractivity contribution is -0.276. The average molecular weight is 233 g/mol. The van der Waals surface area contributed by atoms with Gasteiger partial charge in [0.05, 0.1) is 12.3 Å². The molecule has 0 saturated heterocycles. The van der Waals surface area contributed by atoms with Crippen LogP contribution >= 0.6 is 0 Å². The van der Waals surface area contributed by atoms with Crippen molar-refractivity contribution in [2.45, 2.75) is 13.0 Å². The Bertz CT molecular complexity index is 439. The molecule has 0 bridgehead atoms. The van der Waals surface area contributed by atoms with Gasteiger partial charge in [0.15, 0.2) is 5.69 Å². The average Bonchev–Trinajstić information content (AvgIpc) is 2.18. The Morgan fingerprint density at radius 3 is 2.62 bits per heavy atom. The molecule has 0 aliphatic heterocycles. The Balaban J connectivity index is 3.19. The number of nitriles is 1. The van der Waals surface area contributed by atoms with Crippen LogP contribution < -0.4 is 10.5 Å². The zero-order valence-electron chi connectivity index (χ0n) is 7.75. The number of nitrogen functional groups attached to an aromatic ring is 1. The van der Waals surface area contributed by atoms with Gasteiger partial charge >= 0.3 is 6.36 Å². The summed E-state index contributed by atoms with van der Waals surface area (Å²) in [5.74, 6) is -0.831. The van der Waals surface area contributed by atoms with Gasteiger partial charge in [0.2, 0.25) is 5.88 Å². The van der Waals surface area contributed by atoms with Crippen molar-refractivity contribution in [2.24, 2.45) is 0 Å². The molecule has 0 aliphatic carbocycles. The maximum Gasteiger partial charge on any atom is 0.574 e. The number of hydrogen-bond acceptors (Lipinski definition) is 5. The molecule has 0 radical (unpaired) electrons. The van der Waals surface area contributed by atoms with E-state index in [0.717, 1.165) is 6.07 Å². The second-order valence-corrected chi connectivity index (χ2v) is 2.70. The van der Waals surface area contributed by atoms with Crippen LogP contribution in [0.3, 0.4) is 0 Å². The molecule has 0 fully saturated rings. The summed E-state index contributed by atoms with van der Waals surface area (Å²) in [5, 5.41) is 17.4. The monoisotopic (exact) mass is 233 g/mol.